The van der Waals surface area contributed by atoms with E-state index in [-0.39, 0.29) is 0 Å². The maximum atomic E-state index is 5.37. The van der Waals surface area contributed by atoms with Gasteiger partial charge in [-0.05, 0) is 53.7 Å². The Morgan fingerprint density at radius 1 is 1.20 bits per heavy atom. The van der Waals surface area contributed by atoms with E-state index in [1.807, 2.05) is 38.1 Å². The fourth-order valence-corrected chi connectivity index (χ4v) is 2.73. The molecule has 0 radical (unpaired) electrons. The number of halogens is 1. The van der Waals surface area contributed by atoms with E-state index in [4.69, 9.17) is 4.74 Å². The molecule has 0 aliphatic rings. The maximum Gasteiger partial charge on any atom is 0.322 e. The summed E-state index contributed by atoms with van der Waals surface area (Å²) in [7, 11) is 0. The Bertz CT molecular complexity index is 558. The molecule has 0 saturated carbocycles. The zero-order chi connectivity index (χ0) is 14.4. The largest absolute Gasteiger partial charge is 0.464 e. The number of hydrogen-bond acceptors (Lipinski definition) is 6. The molecule has 1 heterocycles. The summed E-state index contributed by atoms with van der Waals surface area (Å²) in [5.74, 6) is 0.528. The van der Waals surface area contributed by atoms with Crippen molar-refractivity contribution in [2.75, 3.05) is 18.5 Å². The summed E-state index contributed by atoms with van der Waals surface area (Å²) in [6.07, 6.45) is 0. The normalized spacial score (nSPS) is 10.3. The van der Waals surface area contributed by atoms with Gasteiger partial charge in [0.15, 0.2) is 0 Å². The number of hydrogen-bond donors (Lipinski definition) is 1. The smallest absolute Gasteiger partial charge is 0.322 e. The lowest BCUT2D eigenvalue weighted by molar-refractivity contribution is 0.308. The standard InChI is InChI=1S/C13H15BrN4OS/c1-3-15-11-16-12(19-4-2)18-13(17-11)20-10-8-6-5-7-9(10)14/h5-8H,3-4H2,1-2H3,(H,15,16,17,18). The van der Waals surface area contributed by atoms with Gasteiger partial charge in [0.2, 0.25) is 11.1 Å². The van der Waals surface area contributed by atoms with Gasteiger partial charge >= 0.3 is 6.01 Å². The molecule has 0 aliphatic carbocycles. The number of benzene rings is 1. The highest BCUT2D eigenvalue weighted by Crippen LogP contribution is 2.32. The van der Waals surface area contributed by atoms with Crippen molar-refractivity contribution in [3.8, 4) is 6.01 Å². The molecule has 1 aromatic heterocycles. The van der Waals surface area contributed by atoms with Gasteiger partial charge in [0, 0.05) is 15.9 Å². The van der Waals surface area contributed by atoms with Crippen molar-refractivity contribution in [3.63, 3.8) is 0 Å². The van der Waals surface area contributed by atoms with Crippen LogP contribution in [0.15, 0.2) is 38.8 Å². The molecule has 0 atom stereocenters. The molecule has 0 fully saturated rings. The minimum Gasteiger partial charge on any atom is -0.464 e. The molecule has 0 unspecified atom stereocenters. The molecule has 0 bridgehead atoms. The van der Waals surface area contributed by atoms with Crippen molar-refractivity contribution < 1.29 is 4.74 Å². The van der Waals surface area contributed by atoms with Crippen LogP contribution in [0.4, 0.5) is 5.95 Å². The average Bonchev–Trinajstić information content (AvgIpc) is 2.42. The summed E-state index contributed by atoms with van der Waals surface area (Å²) in [6.45, 7) is 5.16. The Morgan fingerprint density at radius 2 is 2.00 bits per heavy atom. The third-order valence-corrected chi connectivity index (χ3v) is 4.14. The van der Waals surface area contributed by atoms with E-state index in [1.165, 1.54) is 11.8 Å². The molecule has 7 heteroatoms. The summed E-state index contributed by atoms with van der Waals surface area (Å²) in [5, 5.41) is 3.68. The summed E-state index contributed by atoms with van der Waals surface area (Å²) in [5.41, 5.74) is 0. The Labute approximate surface area is 130 Å². The molecular weight excluding hydrogens is 340 g/mol. The van der Waals surface area contributed by atoms with Crippen LogP contribution in [0.3, 0.4) is 0 Å². The maximum absolute atomic E-state index is 5.37. The summed E-state index contributed by atoms with van der Waals surface area (Å²) in [6, 6.07) is 8.28. The molecule has 0 spiro atoms. The van der Waals surface area contributed by atoms with Gasteiger partial charge in [-0.3, -0.25) is 0 Å². The molecule has 2 aromatic rings. The third kappa shape index (κ3) is 4.08. The van der Waals surface area contributed by atoms with Crippen LogP contribution in [-0.2, 0) is 0 Å². The van der Waals surface area contributed by atoms with E-state index in [1.54, 1.807) is 0 Å². The lowest BCUT2D eigenvalue weighted by Gasteiger charge is -2.08. The molecule has 0 amide bonds. The van der Waals surface area contributed by atoms with Crippen LogP contribution < -0.4 is 10.1 Å². The summed E-state index contributed by atoms with van der Waals surface area (Å²) < 4.78 is 6.38. The van der Waals surface area contributed by atoms with E-state index in [2.05, 4.69) is 36.2 Å². The fraction of sp³-hybridized carbons (Fsp3) is 0.308. The van der Waals surface area contributed by atoms with Gasteiger partial charge in [-0.2, -0.15) is 15.0 Å². The highest BCUT2D eigenvalue weighted by Gasteiger charge is 2.10. The van der Waals surface area contributed by atoms with Crippen LogP contribution in [0, 0.1) is 0 Å². The van der Waals surface area contributed by atoms with E-state index in [0.29, 0.717) is 23.7 Å². The van der Waals surface area contributed by atoms with Crippen LogP contribution in [-0.4, -0.2) is 28.1 Å². The fourth-order valence-electron chi connectivity index (χ4n) is 1.44. The molecule has 0 aliphatic heterocycles. The SMILES string of the molecule is CCNc1nc(OCC)nc(Sc2ccccc2Br)n1. The summed E-state index contributed by atoms with van der Waals surface area (Å²) in [4.78, 5) is 13.9. The van der Waals surface area contributed by atoms with Gasteiger partial charge in [0.25, 0.3) is 0 Å². The van der Waals surface area contributed by atoms with E-state index < -0.39 is 0 Å². The number of ether oxygens (including phenoxy) is 1. The Hall–Kier alpha value is -1.34. The Balaban J connectivity index is 2.28. The van der Waals surface area contributed by atoms with Gasteiger partial charge < -0.3 is 10.1 Å². The minimum atomic E-state index is 0.341. The number of nitrogens with zero attached hydrogens (tertiary/aromatic N) is 3. The first kappa shape index (κ1) is 15.1. The second kappa shape index (κ2) is 7.44. The Morgan fingerprint density at radius 3 is 2.70 bits per heavy atom. The van der Waals surface area contributed by atoms with Crippen LogP contribution in [0.5, 0.6) is 6.01 Å². The first-order valence-electron chi connectivity index (χ1n) is 6.28. The first-order chi connectivity index (χ1) is 9.72. The zero-order valence-corrected chi connectivity index (χ0v) is 13.7. The van der Waals surface area contributed by atoms with Crippen LogP contribution in [0.1, 0.15) is 13.8 Å². The van der Waals surface area contributed by atoms with Crippen molar-refractivity contribution >= 4 is 33.6 Å². The van der Waals surface area contributed by atoms with E-state index >= 15 is 0 Å². The van der Waals surface area contributed by atoms with Crippen molar-refractivity contribution in [2.24, 2.45) is 0 Å². The molecule has 1 aromatic carbocycles. The molecule has 20 heavy (non-hydrogen) atoms. The molecule has 0 saturated heterocycles. The van der Waals surface area contributed by atoms with Gasteiger partial charge in [-0.15, -0.1) is 0 Å². The monoisotopic (exact) mass is 354 g/mol. The van der Waals surface area contributed by atoms with E-state index in [9.17, 15) is 0 Å². The van der Waals surface area contributed by atoms with Crippen molar-refractivity contribution in [1.29, 1.82) is 0 Å². The molecular formula is C13H15BrN4OS. The lowest BCUT2D eigenvalue weighted by atomic mass is 10.4. The van der Waals surface area contributed by atoms with Crippen molar-refractivity contribution in [1.82, 2.24) is 15.0 Å². The highest BCUT2D eigenvalue weighted by atomic mass is 79.9. The number of anilines is 1. The average molecular weight is 355 g/mol. The Kier molecular flexibility index (Phi) is 5.60. The number of nitrogens with one attached hydrogen (secondary N) is 1. The predicted octanol–water partition coefficient (Wildman–Crippen LogP) is 3.62. The van der Waals surface area contributed by atoms with Crippen LogP contribution >= 0.6 is 27.7 Å². The quantitative estimate of drug-likeness (QED) is 0.854. The van der Waals surface area contributed by atoms with Gasteiger partial charge in [0.05, 0.1) is 6.61 Å². The lowest BCUT2D eigenvalue weighted by Crippen LogP contribution is -2.07. The van der Waals surface area contributed by atoms with Crippen molar-refractivity contribution in [3.05, 3.63) is 28.7 Å². The van der Waals surface area contributed by atoms with Crippen LogP contribution in [0.25, 0.3) is 0 Å². The molecule has 2 rings (SSSR count). The molecule has 1 N–H and O–H groups in total. The van der Waals surface area contributed by atoms with Gasteiger partial charge in [-0.25, -0.2) is 0 Å². The van der Waals surface area contributed by atoms with Crippen molar-refractivity contribution in [2.45, 2.75) is 23.9 Å². The second-order valence-electron chi connectivity index (χ2n) is 3.72. The molecule has 106 valence electrons. The molecule has 5 nitrogen and oxygen atoms in total. The topological polar surface area (TPSA) is 59.9 Å². The third-order valence-electron chi connectivity index (χ3n) is 2.24. The number of rotatable bonds is 6. The van der Waals surface area contributed by atoms with Crippen LogP contribution in [0.2, 0.25) is 0 Å². The summed E-state index contributed by atoms with van der Waals surface area (Å²) >= 11 is 4.98. The minimum absolute atomic E-state index is 0.341. The van der Waals surface area contributed by atoms with E-state index in [0.717, 1.165) is 15.9 Å². The first-order valence-corrected chi connectivity index (χ1v) is 7.89. The highest BCUT2D eigenvalue weighted by molar-refractivity contribution is 9.10. The predicted molar refractivity (Wildman–Crippen MR) is 83.4 cm³/mol. The zero-order valence-electron chi connectivity index (χ0n) is 11.3. The van der Waals surface area contributed by atoms with Gasteiger partial charge in [-0.1, -0.05) is 12.1 Å². The number of aromatic nitrogens is 3. The van der Waals surface area contributed by atoms with Gasteiger partial charge in [0.1, 0.15) is 0 Å². The second-order valence-corrected chi connectivity index (χ2v) is 5.58.